The Bertz CT molecular complexity index is 1000. The molecule has 2 aliphatic heterocycles. The molecular weight excluding hydrogens is 344 g/mol. The molecule has 1 aromatic carbocycles. The number of para-hydroxylation sites is 1. The number of rotatable bonds is 3. The molecule has 1 amide bonds. The quantitative estimate of drug-likeness (QED) is 0.878. The highest BCUT2D eigenvalue weighted by Crippen LogP contribution is 2.50. The number of anilines is 1. The summed E-state index contributed by atoms with van der Waals surface area (Å²) in [5, 5.41) is 6.61. The van der Waals surface area contributed by atoms with Crippen LogP contribution in [0, 0.1) is 0 Å². The number of aromatic nitrogens is 1. The number of carbonyl (C=O) groups excluding carboxylic acids is 1. The van der Waals surface area contributed by atoms with Crippen LogP contribution in [0.4, 0.5) is 5.69 Å². The highest BCUT2D eigenvalue weighted by atomic mass is 32.1. The molecule has 2 unspecified atom stereocenters. The van der Waals surface area contributed by atoms with Gasteiger partial charge in [-0.25, -0.2) is 4.98 Å². The number of fused-ring (bicyclic) bond motifs is 4. The summed E-state index contributed by atoms with van der Waals surface area (Å²) in [6.07, 6.45) is 4.91. The molecule has 2 aromatic rings. The number of hydrogen-bond donors (Lipinski definition) is 2. The molecular formula is C20H18N4OS. The number of hydrogen-bond acceptors (Lipinski definition) is 5. The normalized spacial score (nSPS) is 22.0. The third kappa shape index (κ3) is 2.25. The standard InChI is InChI=1S/C20H18N4OS/c1-11(25)21-8-7-14-17-16-13(12-4-2-3-5-15(12)24-17)6-9-22-18(16)19-20(14)26-10-23-19/h2-6,9-10,13-14,24H,7-8H2,1H3,(H,21,25). The average molecular weight is 362 g/mol. The van der Waals surface area contributed by atoms with Crippen LogP contribution in [0.25, 0.3) is 0 Å². The summed E-state index contributed by atoms with van der Waals surface area (Å²) in [6.45, 7) is 2.20. The lowest BCUT2D eigenvalue weighted by Gasteiger charge is -2.38. The van der Waals surface area contributed by atoms with E-state index in [2.05, 4.69) is 51.0 Å². The molecule has 0 saturated heterocycles. The Kier molecular flexibility index (Phi) is 3.53. The van der Waals surface area contributed by atoms with E-state index in [1.54, 1.807) is 18.3 Å². The van der Waals surface area contributed by atoms with Crippen molar-refractivity contribution >= 4 is 28.6 Å². The Morgan fingerprint density at radius 3 is 3.12 bits per heavy atom. The lowest BCUT2D eigenvalue weighted by Crippen LogP contribution is -2.33. The Labute approximate surface area is 155 Å². The average Bonchev–Trinajstić information content (AvgIpc) is 3.14. The molecule has 0 fully saturated rings. The molecule has 6 heteroatoms. The first-order valence-electron chi connectivity index (χ1n) is 8.77. The molecule has 2 N–H and O–H groups in total. The summed E-state index contributed by atoms with van der Waals surface area (Å²) in [5.74, 6) is 0.402. The van der Waals surface area contributed by atoms with Gasteiger partial charge in [0, 0.05) is 53.3 Å². The van der Waals surface area contributed by atoms with Gasteiger partial charge in [-0.3, -0.25) is 9.79 Å². The van der Waals surface area contributed by atoms with Crippen molar-refractivity contribution in [2.24, 2.45) is 4.99 Å². The number of thiazole rings is 1. The van der Waals surface area contributed by atoms with Crippen molar-refractivity contribution in [3.05, 3.63) is 69.5 Å². The fourth-order valence-electron chi connectivity index (χ4n) is 4.11. The number of carbonyl (C=O) groups is 1. The summed E-state index contributed by atoms with van der Waals surface area (Å²) in [4.78, 5) is 21.8. The third-order valence-electron chi connectivity index (χ3n) is 5.19. The van der Waals surface area contributed by atoms with E-state index in [0.29, 0.717) is 6.54 Å². The van der Waals surface area contributed by atoms with E-state index in [4.69, 9.17) is 0 Å². The highest BCUT2D eigenvalue weighted by molar-refractivity contribution is 7.10. The summed E-state index contributed by atoms with van der Waals surface area (Å²) in [7, 11) is 0. The van der Waals surface area contributed by atoms with Crippen molar-refractivity contribution in [2.45, 2.75) is 25.2 Å². The van der Waals surface area contributed by atoms with Crippen molar-refractivity contribution < 1.29 is 4.79 Å². The van der Waals surface area contributed by atoms with E-state index in [0.717, 1.165) is 23.5 Å². The number of benzene rings is 1. The van der Waals surface area contributed by atoms with Crippen molar-refractivity contribution in [3.8, 4) is 0 Å². The van der Waals surface area contributed by atoms with Gasteiger partial charge in [-0.05, 0) is 18.1 Å². The number of amides is 1. The lowest BCUT2D eigenvalue weighted by molar-refractivity contribution is -0.118. The topological polar surface area (TPSA) is 66.4 Å². The molecule has 0 radical (unpaired) electrons. The van der Waals surface area contributed by atoms with E-state index in [1.807, 2.05) is 11.7 Å². The second-order valence-electron chi connectivity index (χ2n) is 6.73. The molecule has 1 aliphatic carbocycles. The fraction of sp³-hybridized carbons (Fsp3) is 0.250. The number of nitrogens with zero attached hydrogens (tertiary/aromatic N) is 2. The summed E-state index contributed by atoms with van der Waals surface area (Å²) in [5.41, 5.74) is 8.75. The predicted molar refractivity (Wildman–Crippen MR) is 104 cm³/mol. The summed E-state index contributed by atoms with van der Waals surface area (Å²) < 4.78 is 0. The van der Waals surface area contributed by atoms with Gasteiger partial charge >= 0.3 is 0 Å². The third-order valence-corrected chi connectivity index (χ3v) is 6.14. The van der Waals surface area contributed by atoms with Gasteiger partial charge in [-0.1, -0.05) is 24.3 Å². The molecule has 0 saturated carbocycles. The van der Waals surface area contributed by atoms with Gasteiger partial charge in [0.1, 0.15) is 5.69 Å². The minimum Gasteiger partial charge on any atom is -0.358 e. The number of nitrogens with one attached hydrogen (secondary N) is 2. The largest absolute Gasteiger partial charge is 0.358 e. The van der Waals surface area contributed by atoms with Gasteiger partial charge < -0.3 is 10.6 Å². The van der Waals surface area contributed by atoms with Crippen LogP contribution >= 0.6 is 11.3 Å². The van der Waals surface area contributed by atoms with Crippen molar-refractivity contribution in [3.63, 3.8) is 0 Å². The molecule has 0 spiro atoms. The molecule has 3 heterocycles. The SMILES string of the molecule is CC(=O)NCCC1C2=C3C(=NC=CC3c3ccccc3N2)c2ncsc21. The van der Waals surface area contributed by atoms with Gasteiger partial charge in [0.05, 0.1) is 11.2 Å². The smallest absolute Gasteiger partial charge is 0.216 e. The molecule has 0 bridgehead atoms. The molecule has 5 rings (SSSR count). The monoisotopic (exact) mass is 362 g/mol. The minimum absolute atomic E-state index is 0.00525. The van der Waals surface area contributed by atoms with Crippen LogP contribution < -0.4 is 10.6 Å². The van der Waals surface area contributed by atoms with Crippen molar-refractivity contribution in [1.82, 2.24) is 10.3 Å². The highest BCUT2D eigenvalue weighted by Gasteiger charge is 2.41. The zero-order chi connectivity index (χ0) is 17.7. The number of aliphatic imine (C=N–C) groups is 1. The summed E-state index contributed by atoms with van der Waals surface area (Å²) in [6, 6.07) is 8.45. The zero-order valence-corrected chi connectivity index (χ0v) is 15.1. The first-order valence-corrected chi connectivity index (χ1v) is 9.65. The van der Waals surface area contributed by atoms with Crippen molar-refractivity contribution in [1.29, 1.82) is 0 Å². The first-order chi connectivity index (χ1) is 12.7. The van der Waals surface area contributed by atoms with Crippen LogP contribution in [-0.4, -0.2) is 23.1 Å². The van der Waals surface area contributed by atoms with Gasteiger partial charge in [-0.15, -0.1) is 11.3 Å². The van der Waals surface area contributed by atoms with E-state index in [-0.39, 0.29) is 17.7 Å². The Morgan fingerprint density at radius 1 is 1.35 bits per heavy atom. The maximum absolute atomic E-state index is 11.3. The molecule has 3 aliphatic rings. The van der Waals surface area contributed by atoms with Gasteiger partial charge in [0.25, 0.3) is 0 Å². The Morgan fingerprint density at radius 2 is 2.23 bits per heavy atom. The van der Waals surface area contributed by atoms with Crippen molar-refractivity contribution in [2.75, 3.05) is 11.9 Å². The van der Waals surface area contributed by atoms with Crippen LogP contribution in [0.2, 0.25) is 0 Å². The van der Waals surface area contributed by atoms with Gasteiger partial charge in [0.15, 0.2) is 0 Å². The number of allylic oxidation sites excluding steroid dienone is 3. The van der Waals surface area contributed by atoms with E-state index in [1.165, 1.54) is 21.7 Å². The van der Waals surface area contributed by atoms with Crippen LogP contribution in [0.15, 0.2) is 58.3 Å². The molecule has 26 heavy (non-hydrogen) atoms. The van der Waals surface area contributed by atoms with E-state index in [9.17, 15) is 4.79 Å². The van der Waals surface area contributed by atoms with Crippen LogP contribution in [0.5, 0.6) is 0 Å². The van der Waals surface area contributed by atoms with E-state index < -0.39 is 0 Å². The lowest BCUT2D eigenvalue weighted by atomic mass is 9.74. The Balaban J connectivity index is 1.63. The molecule has 2 atom stereocenters. The first kappa shape index (κ1) is 15.5. The maximum Gasteiger partial charge on any atom is 0.216 e. The fourth-order valence-corrected chi connectivity index (χ4v) is 5.04. The second kappa shape index (κ2) is 5.92. The van der Waals surface area contributed by atoms with Gasteiger partial charge in [0.2, 0.25) is 5.91 Å². The van der Waals surface area contributed by atoms with Crippen LogP contribution in [0.3, 0.4) is 0 Å². The Hall–Kier alpha value is -2.73. The maximum atomic E-state index is 11.3. The minimum atomic E-state index is 0.00525. The van der Waals surface area contributed by atoms with Crippen LogP contribution in [0.1, 0.15) is 41.3 Å². The molecule has 5 nitrogen and oxygen atoms in total. The predicted octanol–water partition coefficient (Wildman–Crippen LogP) is 3.55. The summed E-state index contributed by atoms with van der Waals surface area (Å²) >= 11 is 1.67. The second-order valence-corrected chi connectivity index (χ2v) is 7.61. The molecule has 130 valence electrons. The van der Waals surface area contributed by atoms with Crippen LogP contribution in [-0.2, 0) is 4.79 Å². The molecule has 1 aromatic heterocycles. The zero-order valence-electron chi connectivity index (χ0n) is 14.3. The van der Waals surface area contributed by atoms with E-state index >= 15 is 0 Å². The van der Waals surface area contributed by atoms with Gasteiger partial charge in [-0.2, -0.15) is 0 Å².